The number of rotatable bonds is 4. The first-order valence-electron chi connectivity index (χ1n) is 8.92. The van der Waals surface area contributed by atoms with E-state index in [0.29, 0.717) is 32.1 Å². The van der Waals surface area contributed by atoms with Crippen molar-refractivity contribution in [2.75, 3.05) is 0 Å². The molecule has 29 heavy (non-hydrogen) atoms. The van der Waals surface area contributed by atoms with Gasteiger partial charge in [0.05, 0.1) is 27.8 Å². The van der Waals surface area contributed by atoms with Gasteiger partial charge in [0.25, 0.3) is 5.56 Å². The zero-order valence-electron chi connectivity index (χ0n) is 15.2. The number of halogens is 2. The van der Waals surface area contributed by atoms with Crippen LogP contribution in [-0.2, 0) is 6.54 Å². The smallest absolute Gasteiger partial charge is 0.261 e. The standard InChI is InChI=1S/C23H16Cl2N2O2/c24-20-11-10-16(12-21(20)25)26-13-19-17-8-4-5-9-18(17)22(28)27(23(19)29)14-15-6-2-1-3-7-15/h1-13,29H,14H2. The molecule has 0 amide bonds. The summed E-state index contributed by atoms with van der Waals surface area (Å²) in [7, 11) is 0. The van der Waals surface area contributed by atoms with Gasteiger partial charge in [-0.2, -0.15) is 0 Å². The number of aromatic nitrogens is 1. The lowest BCUT2D eigenvalue weighted by Gasteiger charge is -2.13. The number of fused-ring (bicyclic) bond motifs is 1. The topological polar surface area (TPSA) is 54.6 Å². The Balaban J connectivity index is 1.87. The Kier molecular flexibility index (Phi) is 5.38. The van der Waals surface area contributed by atoms with Gasteiger partial charge in [-0.15, -0.1) is 0 Å². The summed E-state index contributed by atoms with van der Waals surface area (Å²) in [6, 6.07) is 21.7. The van der Waals surface area contributed by atoms with Crippen LogP contribution in [-0.4, -0.2) is 15.9 Å². The summed E-state index contributed by atoms with van der Waals surface area (Å²) >= 11 is 12.0. The minimum Gasteiger partial charge on any atom is -0.494 e. The summed E-state index contributed by atoms with van der Waals surface area (Å²) in [6.45, 7) is 0.254. The van der Waals surface area contributed by atoms with E-state index in [1.165, 1.54) is 10.8 Å². The highest BCUT2D eigenvalue weighted by Gasteiger charge is 2.15. The SMILES string of the molecule is O=c1c2ccccc2c(C=Nc2ccc(Cl)c(Cl)c2)c(O)n1Cc1ccccc1. The van der Waals surface area contributed by atoms with E-state index in [1.54, 1.807) is 36.4 Å². The van der Waals surface area contributed by atoms with Crippen LogP contribution in [0.3, 0.4) is 0 Å². The quantitative estimate of drug-likeness (QED) is 0.421. The van der Waals surface area contributed by atoms with Gasteiger partial charge in [0.1, 0.15) is 0 Å². The molecule has 4 aromatic rings. The highest BCUT2D eigenvalue weighted by Crippen LogP contribution is 2.28. The molecule has 4 rings (SSSR count). The molecule has 0 spiro atoms. The van der Waals surface area contributed by atoms with Crippen LogP contribution in [0.1, 0.15) is 11.1 Å². The van der Waals surface area contributed by atoms with Gasteiger partial charge in [-0.3, -0.25) is 14.4 Å². The highest BCUT2D eigenvalue weighted by atomic mass is 35.5. The molecule has 4 nitrogen and oxygen atoms in total. The fraction of sp³-hybridized carbons (Fsp3) is 0.0435. The second-order valence-corrected chi connectivity index (χ2v) is 7.33. The van der Waals surface area contributed by atoms with E-state index >= 15 is 0 Å². The van der Waals surface area contributed by atoms with E-state index in [0.717, 1.165) is 5.56 Å². The van der Waals surface area contributed by atoms with Crippen molar-refractivity contribution in [3.05, 3.63) is 104 Å². The first-order valence-corrected chi connectivity index (χ1v) is 9.68. The van der Waals surface area contributed by atoms with Gasteiger partial charge < -0.3 is 5.11 Å². The first kappa shape index (κ1) is 19.2. The number of benzene rings is 3. The Labute approximate surface area is 177 Å². The van der Waals surface area contributed by atoms with Crippen molar-refractivity contribution in [2.24, 2.45) is 4.99 Å². The lowest BCUT2D eigenvalue weighted by Crippen LogP contribution is -2.22. The molecule has 0 atom stereocenters. The van der Waals surface area contributed by atoms with Gasteiger partial charge >= 0.3 is 0 Å². The van der Waals surface area contributed by atoms with Gasteiger partial charge in [0.2, 0.25) is 5.88 Å². The molecule has 0 radical (unpaired) electrons. The summed E-state index contributed by atoms with van der Waals surface area (Å²) < 4.78 is 1.36. The van der Waals surface area contributed by atoms with Crippen molar-refractivity contribution in [1.82, 2.24) is 4.57 Å². The monoisotopic (exact) mass is 422 g/mol. The maximum absolute atomic E-state index is 13.0. The number of hydrogen-bond acceptors (Lipinski definition) is 3. The van der Waals surface area contributed by atoms with Crippen molar-refractivity contribution >= 4 is 45.9 Å². The molecular formula is C23H16Cl2N2O2. The Morgan fingerprint density at radius 1 is 0.897 bits per heavy atom. The highest BCUT2D eigenvalue weighted by molar-refractivity contribution is 6.42. The van der Waals surface area contributed by atoms with Crippen LogP contribution < -0.4 is 5.56 Å². The maximum Gasteiger partial charge on any atom is 0.261 e. The van der Waals surface area contributed by atoms with Gasteiger partial charge in [-0.05, 0) is 29.8 Å². The van der Waals surface area contributed by atoms with E-state index in [9.17, 15) is 9.90 Å². The van der Waals surface area contributed by atoms with Crippen LogP contribution in [0.15, 0.2) is 82.6 Å². The van der Waals surface area contributed by atoms with Crippen LogP contribution in [0.4, 0.5) is 5.69 Å². The molecule has 0 saturated heterocycles. The molecule has 1 heterocycles. The van der Waals surface area contributed by atoms with Crippen molar-refractivity contribution in [2.45, 2.75) is 6.54 Å². The van der Waals surface area contributed by atoms with Gasteiger partial charge in [0, 0.05) is 17.0 Å². The van der Waals surface area contributed by atoms with Crippen molar-refractivity contribution in [3.63, 3.8) is 0 Å². The van der Waals surface area contributed by atoms with Crippen LogP contribution in [0, 0.1) is 0 Å². The second-order valence-electron chi connectivity index (χ2n) is 6.52. The number of nitrogens with zero attached hydrogens (tertiary/aromatic N) is 2. The molecule has 144 valence electrons. The molecule has 0 bridgehead atoms. The summed E-state index contributed by atoms with van der Waals surface area (Å²) in [5.41, 5.74) is 1.70. The summed E-state index contributed by atoms with van der Waals surface area (Å²) in [5.74, 6) is -0.138. The van der Waals surface area contributed by atoms with Crippen molar-refractivity contribution in [3.8, 4) is 5.88 Å². The van der Waals surface area contributed by atoms with Crippen LogP contribution in [0.2, 0.25) is 10.0 Å². The molecule has 0 saturated carbocycles. The minimum absolute atomic E-state index is 0.138. The third kappa shape index (κ3) is 3.90. The largest absolute Gasteiger partial charge is 0.494 e. The molecule has 0 fully saturated rings. The van der Waals surface area contributed by atoms with Crippen LogP contribution in [0.25, 0.3) is 10.8 Å². The third-order valence-electron chi connectivity index (χ3n) is 4.62. The fourth-order valence-electron chi connectivity index (χ4n) is 3.16. The molecule has 0 aliphatic heterocycles. The average Bonchev–Trinajstić information content (AvgIpc) is 2.74. The van der Waals surface area contributed by atoms with Crippen LogP contribution >= 0.6 is 23.2 Å². The predicted molar refractivity (Wildman–Crippen MR) is 119 cm³/mol. The molecule has 1 aromatic heterocycles. The van der Waals surface area contributed by atoms with E-state index in [1.807, 2.05) is 36.4 Å². The fourth-order valence-corrected chi connectivity index (χ4v) is 3.45. The number of hydrogen-bond donors (Lipinski definition) is 1. The number of aromatic hydroxyl groups is 1. The zero-order valence-corrected chi connectivity index (χ0v) is 16.7. The predicted octanol–water partition coefficient (Wildman–Crippen LogP) is 5.81. The van der Waals surface area contributed by atoms with E-state index in [-0.39, 0.29) is 18.0 Å². The zero-order chi connectivity index (χ0) is 20.4. The van der Waals surface area contributed by atoms with Crippen LogP contribution in [0.5, 0.6) is 5.88 Å². The Morgan fingerprint density at radius 2 is 1.59 bits per heavy atom. The lowest BCUT2D eigenvalue weighted by molar-refractivity contribution is 0.416. The van der Waals surface area contributed by atoms with E-state index < -0.39 is 0 Å². The van der Waals surface area contributed by atoms with Gasteiger partial charge in [-0.1, -0.05) is 71.7 Å². The molecule has 0 unspecified atom stereocenters. The lowest BCUT2D eigenvalue weighted by atomic mass is 10.1. The Morgan fingerprint density at radius 3 is 2.31 bits per heavy atom. The molecular weight excluding hydrogens is 407 g/mol. The molecule has 3 aromatic carbocycles. The van der Waals surface area contributed by atoms with Crippen molar-refractivity contribution < 1.29 is 5.11 Å². The van der Waals surface area contributed by atoms with E-state index in [4.69, 9.17) is 23.2 Å². The molecule has 6 heteroatoms. The van der Waals surface area contributed by atoms with Crippen molar-refractivity contribution in [1.29, 1.82) is 0 Å². The Bertz CT molecular complexity index is 1280. The normalized spacial score (nSPS) is 11.4. The maximum atomic E-state index is 13.0. The molecule has 0 aliphatic carbocycles. The average molecular weight is 423 g/mol. The van der Waals surface area contributed by atoms with E-state index in [2.05, 4.69) is 4.99 Å². The third-order valence-corrected chi connectivity index (χ3v) is 5.36. The van der Waals surface area contributed by atoms with Gasteiger partial charge in [-0.25, -0.2) is 0 Å². The molecule has 0 aliphatic rings. The molecule has 1 N–H and O–H groups in total. The second kappa shape index (κ2) is 8.11. The summed E-state index contributed by atoms with van der Waals surface area (Å²) in [6.07, 6.45) is 1.54. The number of pyridine rings is 1. The summed E-state index contributed by atoms with van der Waals surface area (Å²) in [5, 5.41) is 12.9. The Hall–Kier alpha value is -3.08. The van der Waals surface area contributed by atoms with Gasteiger partial charge in [0.15, 0.2) is 0 Å². The first-order chi connectivity index (χ1) is 14.0. The minimum atomic E-state index is -0.256. The summed E-state index contributed by atoms with van der Waals surface area (Å²) in [4.78, 5) is 17.4. The number of aliphatic imine (C=N–C) groups is 1.